The fourth-order valence-corrected chi connectivity index (χ4v) is 6.17. The summed E-state index contributed by atoms with van der Waals surface area (Å²) >= 11 is 0. The van der Waals surface area contributed by atoms with Gasteiger partial charge in [-0.05, 0) is 85.8 Å². The zero-order valence-electron chi connectivity index (χ0n) is 22.2. The molecule has 4 N–H and O–H groups in total. The third-order valence-electron chi connectivity index (χ3n) is 8.44. The van der Waals surface area contributed by atoms with Crippen LogP contribution in [0.4, 0.5) is 13.2 Å². The van der Waals surface area contributed by atoms with Crippen LogP contribution >= 0.6 is 0 Å². The van der Waals surface area contributed by atoms with E-state index in [0.29, 0.717) is 31.8 Å². The predicted molar refractivity (Wildman–Crippen MR) is 147 cm³/mol. The van der Waals surface area contributed by atoms with Gasteiger partial charge in [0.1, 0.15) is 18.3 Å². The third kappa shape index (κ3) is 6.06. The van der Waals surface area contributed by atoms with Crippen LogP contribution in [-0.4, -0.2) is 51.9 Å². The molecule has 1 saturated heterocycles. The Morgan fingerprint density at radius 1 is 1.12 bits per heavy atom. The number of pyridine rings is 1. The van der Waals surface area contributed by atoms with Gasteiger partial charge in [0.15, 0.2) is 0 Å². The minimum Gasteiger partial charge on any atom is -0.368 e. The molecule has 212 valence electrons. The molecular formula is C30H34F3N5O2. The Hall–Kier alpha value is -3.66. The quantitative estimate of drug-likeness (QED) is 0.351. The van der Waals surface area contributed by atoms with E-state index < -0.39 is 29.9 Å². The number of carbonyl (C=O) groups is 2. The van der Waals surface area contributed by atoms with Crippen LogP contribution in [0.5, 0.6) is 0 Å². The first-order valence-electron chi connectivity index (χ1n) is 13.8. The van der Waals surface area contributed by atoms with Crippen molar-refractivity contribution in [3.05, 3.63) is 71.2 Å². The number of piperidine rings is 1. The predicted octanol–water partition coefficient (Wildman–Crippen LogP) is 4.73. The van der Waals surface area contributed by atoms with Crippen LogP contribution in [0.2, 0.25) is 0 Å². The number of nitrogens with two attached hydrogens (primary N) is 1. The molecule has 3 aromatic rings. The fourth-order valence-electron chi connectivity index (χ4n) is 6.17. The van der Waals surface area contributed by atoms with Crippen molar-refractivity contribution >= 4 is 28.8 Å². The van der Waals surface area contributed by atoms with Gasteiger partial charge in [0.05, 0.1) is 11.6 Å². The topological polar surface area (TPSA) is 104 Å². The van der Waals surface area contributed by atoms with E-state index in [0.717, 1.165) is 43.3 Å². The largest absolute Gasteiger partial charge is 0.368 e. The molecule has 2 aromatic heterocycles. The Kier molecular flexibility index (Phi) is 8.54. The Morgan fingerprint density at radius 2 is 1.82 bits per heavy atom. The van der Waals surface area contributed by atoms with Crippen LogP contribution in [0, 0.1) is 17.6 Å². The normalized spacial score (nSPS) is 21.2. The number of carbonyl (C=O) groups excluding carboxylic acids is 2. The molecule has 1 aromatic carbocycles. The number of aromatic amines is 1. The molecule has 10 heteroatoms. The van der Waals surface area contributed by atoms with Crippen LogP contribution in [0.15, 0.2) is 42.9 Å². The molecule has 0 bridgehead atoms. The SMILES string of the molecule is NC(=O)C(NC1CCC(c2c[nH]c3ccncc23)CC1)C1CCN(C(=O)/C=C/c2cc(F)c(CF)c(F)c2)CC1. The first-order valence-corrected chi connectivity index (χ1v) is 13.8. The number of aromatic nitrogens is 2. The zero-order valence-corrected chi connectivity index (χ0v) is 22.2. The Labute approximate surface area is 231 Å². The number of nitrogens with one attached hydrogen (secondary N) is 2. The molecule has 2 aliphatic rings. The van der Waals surface area contributed by atoms with Crippen molar-refractivity contribution in [1.29, 1.82) is 0 Å². The summed E-state index contributed by atoms with van der Waals surface area (Å²) in [5.41, 5.74) is 7.72. The third-order valence-corrected chi connectivity index (χ3v) is 8.44. The lowest BCUT2D eigenvalue weighted by Crippen LogP contribution is -2.54. The maximum Gasteiger partial charge on any atom is 0.246 e. The Morgan fingerprint density at radius 3 is 2.48 bits per heavy atom. The van der Waals surface area contributed by atoms with Gasteiger partial charge in [-0.15, -0.1) is 0 Å². The van der Waals surface area contributed by atoms with Gasteiger partial charge in [-0.1, -0.05) is 0 Å². The molecule has 0 radical (unpaired) electrons. The molecule has 5 rings (SSSR count). The van der Waals surface area contributed by atoms with Crippen molar-refractivity contribution in [3.63, 3.8) is 0 Å². The van der Waals surface area contributed by atoms with E-state index in [1.54, 1.807) is 11.1 Å². The fraction of sp³-hybridized carbons (Fsp3) is 0.433. The van der Waals surface area contributed by atoms with E-state index in [-0.39, 0.29) is 29.3 Å². The van der Waals surface area contributed by atoms with Crippen molar-refractivity contribution in [3.8, 4) is 0 Å². The highest BCUT2D eigenvalue weighted by atomic mass is 19.1. The van der Waals surface area contributed by atoms with E-state index in [1.807, 2.05) is 12.3 Å². The number of nitrogens with zero attached hydrogens (tertiary/aromatic N) is 2. The molecule has 0 spiro atoms. The van der Waals surface area contributed by atoms with Gasteiger partial charge in [-0.25, -0.2) is 13.2 Å². The van der Waals surface area contributed by atoms with Crippen molar-refractivity contribution in [2.75, 3.05) is 13.1 Å². The second-order valence-corrected chi connectivity index (χ2v) is 10.9. The lowest BCUT2D eigenvalue weighted by atomic mass is 9.80. The second kappa shape index (κ2) is 12.2. The number of hydrogen-bond acceptors (Lipinski definition) is 4. The molecule has 1 aliphatic carbocycles. The number of fused-ring (bicyclic) bond motifs is 1. The summed E-state index contributed by atoms with van der Waals surface area (Å²) in [5, 5.41) is 4.69. The first-order chi connectivity index (χ1) is 19.3. The molecule has 2 fully saturated rings. The van der Waals surface area contributed by atoms with E-state index in [9.17, 15) is 22.8 Å². The van der Waals surface area contributed by atoms with Crippen molar-refractivity contribution in [2.45, 2.75) is 63.2 Å². The standard InChI is InChI=1S/C30H34F3N5O2/c31-15-22-25(32)13-18(14-26(22)33)1-6-28(39)38-11-8-20(9-12-38)29(30(34)40)37-21-4-2-19(3-5-21)23-17-36-27-7-10-35-16-24(23)27/h1,6-7,10,13-14,16-17,19-21,29,36-37H,2-5,8-9,11-12,15H2,(H2,34,40)/b6-1+. The summed E-state index contributed by atoms with van der Waals surface area (Å²) in [5.74, 6) is -2.17. The number of H-pyrrole nitrogens is 1. The summed E-state index contributed by atoms with van der Waals surface area (Å²) in [6, 6.07) is 3.72. The Bertz CT molecular complexity index is 1370. The highest BCUT2D eigenvalue weighted by molar-refractivity contribution is 5.92. The number of amides is 2. The lowest BCUT2D eigenvalue weighted by molar-refractivity contribution is -0.128. The number of benzene rings is 1. The molecule has 2 amide bonds. The molecule has 3 heterocycles. The molecule has 1 saturated carbocycles. The van der Waals surface area contributed by atoms with Gasteiger partial charge in [-0.2, -0.15) is 0 Å². The maximum absolute atomic E-state index is 13.8. The first kappa shape index (κ1) is 27.9. The summed E-state index contributed by atoms with van der Waals surface area (Å²) in [4.78, 5) is 34.3. The Balaban J connectivity index is 1.12. The van der Waals surface area contributed by atoms with Crippen molar-refractivity contribution in [2.24, 2.45) is 11.7 Å². The van der Waals surface area contributed by atoms with Gasteiger partial charge in [0, 0.05) is 54.7 Å². The number of primary amides is 1. The van der Waals surface area contributed by atoms with Crippen molar-refractivity contribution < 1.29 is 22.8 Å². The average Bonchev–Trinajstić information content (AvgIpc) is 3.39. The highest BCUT2D eigenvalue weighted by Gasteiger charge is 2.34. The van der Waals surface area contributed by atoms with E-state index in [2.05, 4.69) is 21.5 Å². The molecule has 1 aliphatic heterocycles. The van der Waals surface area contributed by atoms with Gasteiger partial charge < -0.3 is 20.9 Å². The minimum absolute atomic E-state index is 0.0133. The number of halogens is 3. The summed E-state index contributed by atoms with van der Waals surface area (Å²) in [6.45, 7) is -0.338. The molecule has 40 heavy (non-hydrogen) atoms. The van der Waals surface area contributed by atoms with E-state index >= 15 is 0 Å². The maximum atomic E-state index is 13.8. The van der Waals surface area contributed by atoms with E-state index in [1.165, 1.54) is 23.1 Å². The summed E-state index contributed by atoms with van der Waals surface area (Å²) < 4.78 is 40.4. The molecule has 1 atom stereocenters. The number of likely N-dealkylation sites (tertiary alicyclic amines) is 1. The number of alkyl halides is 1. The molecule has 1 unspecified atom stereocenters. The van der Waals surface area contributed by atoms with E-state index in [4.69, 9.17) is 5.73 Å². The zero-order chi connectivity index (χ0) is 28.2. The van der Waals surface area contributed by atoms with Crippen LogP contribution in [0.25, 0.3) is 17.0 Å². The van der Waals surface area contributed by atoms with Gasteiger partial charge in [0.25, 0.3) is 0 Å². The molecular weight excluding hydrogens is 519 g/mol. The van der Waals surface area contributed by atoms with Crippen LogP contribution in [-0.2, 0) is 16.3 Å². The van der Waals surface area contributed by atoms with Gasteiger partial charge in [0.2, 0.25) is 11.8 Å². The second-order valence-electron chi connectivity index (χ2n) is 10.9. The van der Waals surface area contributed by atoms with Crippen LogP contribution < -0.4 is 11.1 Å². The summed E-state index contributed by atoms with van der Waals surface area (Å²) in [6.07, 6.45) is 13.5. The van der Waals surface area contributed by atoms with Gasteiger partial charge in [-0.3, -0.25) is 14.6 Å². The smallest absolute Gasteiger partial charge is 0.246 e. The highest BCUT2D eigenvalue weighted by Crippen LogP contribution is 2.37. The van der Waals surface area contributed by atoms with Gasteiger partial charge >= 0.3 is 0 Å². The monoisotopic (exact) mass is 553 g/mol. The minimum atomic E-state index is -1.24. The number of rotatable bonds is 8. The summed E-state index contributed by atoms with van der Waals surface area (Å²) in [7, 11) is 0. The lowest BCUT2D eigenvalue weighted by Gasteiger charge is -2.38. The average molecular weight is 554 g/mol. The number of hydrogen-bond donors (Lipinski definition) is 3. The molecule has 7 nitrogen and oxygen atoms in total. The van der Waals surface area contributed by atoms with Crippen LogP contribution in [0.1, 0.15) is 61.1 Å². The van der Waals surface area contributed by atoms with Crippen LogP contribution in [0.3, 0.4) is 0 Å². The van der Waals surface area contributed by atoms with Crippen molar-refractivity contribution in [1.82, 2.24) is 20.2 Å².